The van der Waals surface area contributed by atoms with Gasteiger partial charge in [0, 0.05) is 17.2 Å². The molecule has 0 aliphatic heterocycles. The molecular formula is C12H18FNS. The number of thioether (sulfide) groups is 1. The van der Waals surface area contributed by atoms with Crippen LogP contribution in [0.15, 0.2) is 29.2 Å². The summed E-state index contributed by atoms with van der Waals surface area (Å²) in [5, 5.41) is 3.37. The molecule has 0 aliphatic rings. The molecule has 0 amide bonds. The van der Waals surface area contributed by atoms with Gasteiger partial charge in [-0.05, 0) is 37.2 Å². The zero-order valence-electron chi connectivity index (χ0n) is 9.13. The molecule has 0 fully saturated rings. The van der Waals surface area contributed by atoms with Gasteiger partial charge in [-0.2, -0.15) is 0 Å². The number of unbranched alkanes of at least 4 members (excludes halogenated alkanes) is 1. The largest absolute Gasteiger partial charge is 0.316 e. The highest BCUT2D eigenvalue weighted by atomic mass is 32.2. The summed E-state index contributed by atoms with van der Waals surface area (Å²) in [7, 11) is 0. The molecule has 1 N–H and O–H groups in total. The van der Waals surface area contributed by atoms with Crippen LogP contribution in [0, 0.1) is 5.82 Å². The Balaban J connectivity index is 2.07. The molecule has 0 radical (unpaired) electrons. The van der Waals surface area contributed by atoms with Crippen LogP contribution >= 0.6 is 11.8 Å². The molecule has 0 saturated carbocycles. The van der Waals surface area contributed by atoms with E-state index in [2.05, 4.69) is 12.2 Å². The molecule has 1 nitrogen and oxygen atoms in total. The molecule has 3 heteroatoms. The van der Waals surface area contributed by atoms with Gasteiger partial charge in [0.05, 0.1) is 0 Å². The smallest absolute Gasteiger partial charge is 0.123 e. The van der Waals surface area contributed by atoms with Crippen LogP contribution in [-0.4, -0.2) is 18.8 Å². The van der Waals surface area contributed by atoms with Crippen molar-refractivity contribution in [2.45, 2.75) is 24.7 Å². The van der Waals surface area contributed by atoms with Gasteiger partial charge in [0.2, 0.25) is 0 Å². The van der Waals surface area contributed by atoms with Crippen molar-refractivity contribution in [2.75, 3.05) is 18.8 Å². The van der Waals surface area contributed by atoms with Crippen LogP contribution < -0.4 is 5.32 Å². The normalized spacial score (nSPS) is 10.5. The van der Waals surface area contributed by atoms with Gasteiger partial charge >= 0.3 is 0 Å². The van der Waals surface area contributed by atoms with E-state index in [4.69, 9.17) is 0 Å². The zero-order valence-corrected chi connectivity index (χ0v) is 9.95. The van der Waals surface area contributed by atoms with E-state index in [-0.39, 0.29) is 5.82 Å². The molecule has 0 unspecified atom stereocenters. The monoisotopic (exact) mass is 227 g/mol. The Hall–Kier alpha value is -0.540. The Morgan fingerprint density at radius 1 is 1.20 bits per heavy atom. The quantitative estimate of drug-likeness (QED) is 0.566. The zero-order chi connectivity index (χ0) is 10.9. The molecule has 0 atom stereocenters. The van der Waals surface area contributed by atoms with E-state index < -0.39 is 0 Å². The predicted octanol–water partition coefficient (Wildman–Crippen LogP) is 3.31. The summed E-state index contributed by atoms with van der Waals surface area (Å²) in [5.74, 6) is 0.871. The summed E-state index contributed by atoms with van der Waals surface area (Å²) >= 11 is 1.76. The fourth-order valence-electron chi connectivity index (χ4n) is 1.20. The first-order chi connectivity index (χ1) is 7.33. The summed E-state index contributed by atoms with van der Waals surface area (Å²) in [6.07, 6.45) is 2.47. The minimum absolute atomic E-state index is 0.166. The second-order valence-corrected chi connectivity index (χ2v) is 4.57. The summed E-state index contributed by atoms with van der Waals surface area (Å²) in [5.41, 5.74) is 0. The average Bonchev–Trinajstić information content (AvgIpc) is 2.26. The van der Waals surface area contributed by atoms with Crippen molar-refractivity contribution in [2.24, 2.45) is 0 Å². The van der Waals surface area contributed by atoms with Crippen LogP contribution in [0.3, 0.4) is 0 Å². The van der Waals surface area contributed by atoms with Crippen molar-refractivity contribution < 1.29 is 4.39 Å². The van der Waals surface area contributed by atoms with Gasteiger partial charge < -0.3 is 5.32 Å². The summed E-state index contributed by atoms with van der Waals surface area (Å²) < 4.78 is 12.6. The van der Waals surface area contributed by atoms with Crippen molar-refractivity contribution in [1.29, 1.82) is 0 Å². The van der Waals surface area contributed by atoms with E-state index in [0.29, 0.717) is 0 Å². The predicted molar refractivity (Wildman–Crippen MR) is 64.9 cm³/mol. The lowest BCUT2D eigenvalue weighted by Gasteiger charge is -2.03. The van der Waals surface area contributed by atoms with Crippen LogP contribution in [0.1, 0.15) is 19.8 Å². The van der Waals surface area contributed by atoms with Crippen molar-refractivity contribution in [3.05, 3.63) is 30.1 Å². The van der Waals surface area contributed by atoms with E-state index >= 15 is 0 Å². The van der Waals surface area contributed by atoms with E-state index in [9.17, 15) is 4.39 Å². The summed E-state index contributed by atoms with van der Waals surface area (Å²) in [6, 6.07) is 6.66. The molecule has 0 heterocycles. The van der Waals surface area contributed by atoms with Gasteiger partial charge in [-0.15, -0.1) is 11.8 Å². The number of rotatable bonds is 7. The van der Waals surface area contributed by atoms with Crippen LogP contribution in [0.4, 0.5) is 4.39 Å². The number of hydrogen-bond acceptors (Lipinski definition) is 2. The van der Waals surface area contributed by atoms with Crippen molar-refractivity contribution in [1.82, 2.24) is 5.32 Å². The molecule has 1 aromatic carbocycles. The molecule has 0 saturated heterocycles. The highest BCUT2D eigenvalue weighted by Crippen LogP contribution is 2.16. The van der Waals surface area contributed by atoms with Gasteiger partial charge in [0.1, 0.15) is 5.82 Å². The first-order valence-corrected chi connectivity index (χ1v) is 6.40. The van der Waals surface area contributed by atoms with E-state index in [1.807, 2.05) is 12.1 Å². The third-order valence-corrected chi connectivity index (χ3v) is 3.08. The number of benzene rings is 1. The van der Waals surface area contributed by atoms with Gasteiger partial charge in [0.15, 0.2) is 0 Å². The fourth-order valence-corrected chi connectivity index (χ4v) is 2.01. The Kier molecular flexibility index (Phi) is 6.44. The minimum Gasteiger partial charge on any atom is -0.316 e. The third-order valence-electron chi connectivity index (χ3n) is 2.07. The van der Waals surface area contributed by atoms with Crippen LogP contribution in [-0.2, 0) is 0 Å². The molecule has 1 rings (SSSR count). The Morgan fingerprint density at radius 2 is 1.93 bits per heavy atom. The highest BCUT2D eigenvalue weighted by Gasteiger charge is 1.94. The second-order valence-electron chi connectivity index (χ2n) is 3.41. The molecule has 1 aromatic rings. The van der Waals surface area contributed by atoms with Gasteiger partial charge in [0.25, 0.3) is 0 Å². The lowest BCUT2D eigenvalue weighted by Crippen LogP contribution is -2.18. The molecule has 84 valence electrons. The van der Waals surface area contributed by atoms with E-state index in [0.717, 1.165) is 23.7 Å². The third kappa shape index (κ3) is 5.80. The Morgan fingerprint density at radius 3 is 2.60 bits per heavy atom. The van der Waals surface area contributed by atoms with Crippen LogP contribution in [0.25, 0.3) is 0 Å². The lowest BCUT2D eigenvalue weighted by atomic mass is 10.3. The van der Waals surface area contributed by atoms with E-state index in [1.54, 1.807) is 11.8 Å². The molecule has 0 spiro atoms. The molecular weight excluding hydrogens is 209 g/mol. The van der Waals surface area contributed by atoms with E-state index in [1.165, 1.54) is 25.0 Å². The molecule has 0 bridgehead atoms. The topological polar surface area (TPSA) is 12.0 Å². The first-order valence-electron chi connectivity index (χ1n) is 5.42. The standard InChI is InChI=1S/C12H18FNS/c1-2-3-8-14-9-10-15-12-6-4-11(13)5-7-12/h4-7,14H,2-3,8-10H2,1H3. The number of hydrogen-bond donors (Lipinski definition) is 1. The first kappa shape index (κ1) is 12.5. The number of halogens is 1. The maximum Gasteiger partial charge on any atom is 0.123 e. The maximum atomic E-state index is 12.6. The van der Waals surface area contributed by atoms with Gasteiger partial charge in [-0.3, -0.25) is 0 Å². The second kappa shape index (κ2) is 7.71. The minimum atomic E-state index is -0.166. The summed E-state index contributed by atoms with van der Waals surface area (Å²) in [4.78, 5) is 1.13. The summed E-state index contributed by atoms with van der Waals surface area (Å²) in [6.45, 7) is 4.30. The average molecular weight is 227 g/mol. The Bertz CT molecular complexity index is 261. The highest BCUT2D eigenvalue weighted by molar-refractivity contribution is 7.99. The molecule has 0 aliphatic carbocycles. The molecule has 0 aromatic heterocycles. The van der Waals surface area contributed by atoms with Crippen LogP contribution in [0.2, 0.25) is 0 Å². The Labute approximate surface area is 95.5 Å². The lowest BCUT2D eigenvalue weighted by molar-refractivity contribution is 0.626. The van der Waals surface area contributed by atoms with Gasteiger partial charge in [-0.25, -0.2) is 4.39 Å². The van der Waals surface area contributed by atoms with Crippen molar-refractivity contribution in [3.8, 4) is 0 Å². The maximum absolute atomic E-state index is 12.6. The fraction of sp³-hybridized carbons (Fsp3) is 0.500. The van der Waals surface area contributed by atoms with Crippen LogP contribution in [0.5, 0.6) is 0 Å². The SMILES string of the molecule is CCCCNCCSc1ccc(F)cc1. The molecule has 15 heavy (non-hydrogen) atoms. The van der Waals surface area contributed by atoms with Gasteiger partial charge in [-0.1, -0.05) is 13.3 Å². The van der Waals surface area contributed by atoms with Crippen molar-refractivity contribution in [3.63, 3.8) is 0 Å². The number of nitrogens with one attached hydrogen (secondary N) is 1. The van der Waals surface area contributed by atoms with Crippen molar-refractivity contribution >= 4 is 11.8 Å².